The molecule has 2 saturated heterocycles. The van der Waals surface area contributed by atoms with E-state index in [1.165, 1.54) is 0 Å². The lowest BCUT2D eigenvalue weighted by atomic mass is 9.69. The number of carbonyl (C=O) groups excluding carboxylic acids is 2. The van der Waals surface area contributed by atoms with Crippen LogP contribution in [0.25, 0.3) is 0 Å². The Balaban J connectivity index is 1.83. The Morgan fingerprint density at radius 2 is 1.00 bits per heavy atom. The Kier molecular flexibility index (Phi) is 10.5. The summed E-state index contributed by atoms with van der Waals surface area (Å²) in [5.74, 6) is 0.976. The third kappa shape index (κ3) is 7.24. The fourth-order valence-corrected chi connectivity index (χ4v) is 6.69. The zero-order valence-corrected chi connectivity index (χ0v) is 25.2. The van der Waals surface area contributed by atoms with Crippen molar-refractivity contribution in [2.24, 2.45) is 11.8 Å². The fourth-order valence-electron chi connectivity index (χ4n) is 6.69. The van der Waals surface area contributed by atoms with Crippen molar-refractivity contribution in [2.75, 3.05) is 0 Å². The van der Waals surface area contributed by atoms with Crippen molar-refractivity contribution in [3.63, 3.8) is 0 Å². The molecular weight excluding hydrogens is 448 g/mol. The van der Waals surface area contributed by atoms with Crippen LogP contribution < -0.4 is 21.3 Å². The molecule has 2 rings (SSSR count). The van der Waals surface area contributed by atoms with Crippen LogP contribution in [-0.4, -0.2) is 46.1 Å². The van der Waals surface area contributed by atoms with Gasteiger partial charge in [-0.25, -0.2) is 0 Å². The number of carbonyl (C=O) groups is 2. The summed E-state index contributed by atoms with van der Waals surface area (Å²) in [5, 5.41) is 14.5. The third-order valence-corrected chi connectivity index (χ3v) is 10.5. The van der Waals surface area contributed by atoms with Crippen molar-refractivity contribution < 1.29 is 9.59 Å². The summed E-state index contributed by atoms with van der Waals surface area (Å²) >= 11 is 0. The standard InChI is InChI=1S/C30H58N4O2/c1-11-27(7)19-23(21(5)29(9,13-3)33-27)31-25(35)17-15-16-18-26(36)32-24-20-28(8,12-2)34-30(10,14-4)22(24)6/h21-24,33-34H,11-20H2,1-10H3,(H,31,35)(H,32,36). The first kappa shape index (κ1) is 31.1. The second-order valence-corrected chi connectivity index (χ2v) is 13.2. The molecule has 0 aromatic carbocycles. The summed E-state index contributed by atoms with van der Waals surface area (Å²) in [6, 6.07) is 0.359. The van der Waals surface area contributed by atoms with E-state index in [0.717, 1.165) is 51.4 Å². The molecule has 8 unspecified atom stereocenters. The molecule has 6 heteroatoms. The molecule has 2 heterocycles. The highest BCUT2D eigenvalue weighted by Crippen LogP contribution is 2.38. The largest absolute Gasteiger partial charge is 0.353 e. The van der Waals surface area contributed by atoms with Gasteiger partial charge in [0.2, 0.25) is 11.8 Å². The molecule has 0 aliphatic carbocycles. The third-order valence-electron chi connectivity index (χ3n) is 10.5. The maximum Gasteiger partial charge on any atom is 0.220 e. The molecule has 2 fully saturated rings. The predicted molar refractivity (Wildman–Crippen MR) is 151 cm³/mol. The molecule has 0 aromatic heterocycles. The first-order valence-electron chi connectivity index (χ1n) is 14.9. The van der Waals surface area contributed by atoms with Gasteiger partial charge in [0.15, 0.2) is 0 Å². The van der Waals surface area contributed by atoms with Gasteiger partial charge in [0, 0.05) is 47.1 Å². The second-order valence-electron chi connectivity index (χ2n) is 13.2. The van der Waals surface area contributed by atoms with Gasteiger partial charge in [-0.2, -0.15) is 0 Å². The number of hydrogen-bond acceptors (Lipinski definition) is 4. The number of rotatable bonds is 11. The van der Waals surface area contributed by atoms with Gasteiger partial charge in [-0.05, 0) is 90.9 Å². The molecule has 2 aliphatic rings. The van der Waals surface area contributed by atoms with Gasteiger partial charge in [-0.3, -0.25) is 9.59 Å². The average molecular weight is 507 g/mol. The molecule has 0 radical (unpaired) electrons. The zero-order chi connectivity index (χ0) is 27.4. The van der Waals surface area contributed by atoms with Crippen LogP contribution in [-0.2, 0) is 9.59 Å². The maximum absolute atomic E-state index is 12.8. The summed E-state index contributed by atoms with van der Waals surface area (Å²) < 4.78 is 0. The van der Waals surface area contributed by atoms with Crippen LogP contribution in [0.15, 0.2) is 0 Å². The van der Waals surface area contributed by atoms with Crippen LogP contribution in [0, 0.1) is 11.8 Å². The van der Waals surface area contributed by atoms with Gasteiger partial charge >= 0.3 is 0 Å². The monoisotopic (exact) mass is 506 g/mol. The molecule has 8 atom stereocenters. The van der Waals surface area contributed by atoms with E-state index in [1.54, 1.807) is 0 Å². The number of amides is 2. The Morgan fingerprint density at radius 1 is 0.667 bits per heavy atom. The number of unbranched alkanes of at least 4 members (excludes halogenated alkanes) is 1. The molecule has 6 nitrogen and oxygen atoms in total. The second kappa shape index (κ2) is 12.1. The van der Waals surface area contributed by atoms with Crippen molar-refractivity contribution in [3.8, 4) is 0 Å². The molecule has 0 spiro atoms. The normalized spacial score (nSPS) is 41.1. The Labute approximate surface area is 222 Å². The lowest BCUT2D eigenvalue weighted by Crippen LogP contribution is -2.68. The van der Waals surface area contributed by atoms with E-state index >= 15 is 0 Å². The average Bonchev–Trinajstić information content (AvgIpc) is 2.83. The number of nitrogens with one attached hydrogen (secondary N) is 4. The topological polar surface area (TPSA) is 82.3 Å². The minimum atomic E-state index is 0.0204. The number of hydrogen-bond donors (Lipinski definition) is 4. The van der Waals surface area contributed by atoms with Gasteiger partial charge in [0.25, 0.3) is 0 Å². The van der Waals surface area contributed by atoms with E-state index in [-0.39, 0.29) is 46.1 Å². The van der Waals surface area contributed by atoms with Gasteiger partial charge < -0.3 is 21.3 Å². The highest BCUT2D eigenvalue weighted by molar-refractivity contribution is 5.77. The van der Waals surface area contributed by atoms with Crippen molar-refractivity contribution in [1.29, 1.82) is 0 Å². The Bertz CT molecular complexity index is 697. The van der Waals surface area contributed by atoms with Gasteiger partial charge in [-0.1, -0.05) is 41.5 Å². The highest BCUT2D eigenvalue weighted by Gasteiger charge is 2.47. The summed E-state index contributed by atoms with van der Waals surface area (Å²) in [6.07, 6.45) is 8.54. The van der Waals surface area contributed by atoms with Crippen molar-refractivity contribution in [2.45, 2.75) is 168 Å². The molecule has 2 aliphatic heterocycles. The Morgan fingerprint density at radius 3 is 1.28 bits per heavy atom. The predicted octanol–water partition coefficient (Wildman–Crippen LogP) is 5.45. The first-order valence-corrected chi connectivity index (χ1v) is 14.9. The molecule has 210 valence electrons. The summed E-state index contributed by atoms with van der Waals surface area (Å²) in [7, 11) is 0. The van der Waals surface area contributed by atoms with Gasteiger partial charge in [0.1, 0.15) is 0 Å². The van der Waals surface area contributed by atoms with Crippen LogP contribution in [0.4, 0.5) is 0 Å². The summed E-state index contributed by atoms with van der Waals surface area (Å²) in [5.41, 5.74) is 0.126. The van der Waals surface area contributed by atoms with Crippen LogP contribution in [0.1, 0.15) is 133 Å². The van der Waals surface area contributed by atoms with E-state index in [2.05, 4.69) is 90.5 Å². The minimum absolute atomic E-state index is 0.0204. The summed E-state index contributed by atoms with van der Waals surface area (Å²) in [4.78, 5) is 25.7. The van der Waals surface area contributed by atoms with E-state index in [4.69, 9.17) is 0 Å². The van der Waals surface area contributed by atoms with Crippen LogP contribution in [0.5, 0.6) is 0 Å². The van der Waals surface area contributed by atoms with Gasteiger partial charge in [-0.15, -0.1) is 0 Å². The van der Waals surface area contributed by atoms with Crippen LogP contribution in [0.2, 0.25) is 0 Å². The van der Waals surface area contributed by atoms with Crippen LogP contribution in [0.3, 0.4) is 0 Å². The molecule has 0 bridgehead atoms. The Hall–Kier alpha value is -1.14. The highest BCUT2D eigenvalue weighted by atomic mass is 16.2. The number of piperidine rings is 2. The van der Waals surface area contributed by atoms with E-state index in [9.17, 15) is 9.59 Å². The SMILES string of the molecule is CCC1(C)CC(NC(=O)CCCCC(=O)NC2CC(C)(CC)NC(C)(CC)C2C)C(C)C(C)(CC)N1. The molecule has 2 amide bonds. The fraction of sp³-hybridized carbons (Fsp3) is 0.933. The van der Waals surface area contributed by atoms with E-state index < -0.39 is 0 Å². The zero-order valence-electron chi connectivity index (χ0n) is 25.2. The quantitative estimate of drug-likeness (QED) is 0.281. The minimum Gasteiger partial charge on any atom is -0.353 e. The summed E-state index contributed by atoms with van der Waals surface area (Å²) in [6.45, 7) is 22.6. The molecule has 4 N–H and O–H groups in total. The van der Waals surface area contributed by atoms with Gasteiger partial charge in [0.05, 0.1) is 0 Å². The molecule has 0 aromatic rings. The molecule has 0 saturated carbocycles. The van der Waals surface area contributed by atoms with Crippen molar-refractivity contribution in [3.05, 3.63) is 0 Å². The van der Waals surface area contributed by atoms with E-state index in [1.807, 2.05) is 0 Å². The lowest BCUT2D eigenvalue weighted by Gasteiger charge is -2.53. The molecule has 36 heavy (non-hydrogen) atoms. The lowest BCUT2D eigenvalue weighted by molar-refractivity contribution is -0.125. The molecular formula is C30H58N4O2. The maximum atomic E-state index is 12.8. The smallest absolute Gasteiger partial charge is 0.220 e. The van der Waals surface area contributed by atoms with E-state index in [0.29, 0.717) is 24.7 Å². The van der Waals surface area contributed by atoms with Crippen LogP contribution >= 0.6 is 0 Å². The van der Waals surface area contributed by atoms with Crippen molar-refractivity contribution in [1.82, 2.24) is 21.3 Å². The van der Waals surface area contributed by atoms with Crippen molar-refractivity contribution >= 4 is 11.8 Å². The first-order chi connectivity index (χ1) is 16.7.